The molecule has 0 fully saturated rings. The van der Waals surface area contributed by atoms with Crippen molar-refractivity contribution in [2.24, 2.45) is 0 Å². The second-order valence-corrected chi connectivity index (χ2v) is 10.8. The summed E-state index contributed by atoms with van der Waals surface area (Å²) in [6.45, 7) is 7.97. The van der Waals surface area contributed by atoms with E-state index < -0.39 is 0 Å². The lowest BCUT2D eigenvalue weighted by Gasteiger charge is -2.09. The van der Waals surface area contributed by atoms with Crippen LogP contribution < -0.4 is 4.74 Å². The van der Waals surface area contributed by atoms with Crippen molar-refractivity contribution in [1.29, 1.82) is 0 Å². The van der Waals surface area contributed by atoms with Gasteiger partial charge in [0.2, 0.25) is 0 Å². The van der Waals surface area contributed by atoms with Crippen molar-refractivity contribution in [3.8, 4) is 5.75 Å². The molecule has 0 aliphatic rings. The molecule has 0 atom stereocenters. The Hall–Kier alpha value is -1.06. The molecular formula is C34H62O3. The van der Waals surface area contributed by atoms with Crippen molar-refractivity contribution in [3.05, 3.63) is 29.8 Å². The molecule has 0 bridgehead atoms. The van der Waals surface area contributed by atoms with E-state index in [4.69, 9.17) is 14.2 Å². The van der Waals surface area contributed by atoms with Crippen LogP contribution in [0.5, 0.6) is 5.75 Å². The molecule has 1 aromatic rings. The van der Waals surface area contributed by atoms with Gasteiger partial charge in [0.05, 0.1) is 19.8 Å². The molecule has 0 saturated heterocycles. The van der Waals surface area contributed by atoms with Gasteiger partial charge in [-0.25, -0.2) is 0 Å². The summed E-state index contributed by atoms with van der Waals surface area (Å²) in [5.74, 6) is 0.935. The summed E-state index contributed by atoms with van der Waals surface area (Å²) >= 11 is 0. The molecule has 0 radical (unpaired) electrons. The normalized spacial score (nSPS) is 11.3. The van der Waals surface area contributed by atoms with Crippen LogP contribution in [0, 0.1) is 0 Å². The third kappa shape index (κ3) is 23.8. The Labute approximate surface area is 231 Å². The highest BCUT2D eigenvalue weighted by Crippen LogP contribution is 2.15. The molecule has 0 aliphatic heterocycles. The highest BCUT2D eigenvalue weighted by Gasteiger charge is 1.98. The Morgan fingerprint density at radius 3 is 1.32 bits per heavy atom. The summed E-state index contributed by atoms with van der Waals surface area (Å²) < 4.78 is 17.2. The summed E-state index contributed by atoms with van der Waals surface area (Å²) in [6, 6.07) is 8.58. The van der Waals surface area contributed by atoms with Gasteiger partial charge in [0.25, 0.3) is 0 Å². The number of hydrogen-bond donors (Lipinski definition) is 0. The van der Waals surface area contributed by atoms with E-state index in [0.717, 1.165) is 12.4 Å². The van der Waals surface area contributed by atoms with E-state index in [9.17, 15) is 0 Å². The number of rotatable bonds is 29. The Bertz CT molecular complexity index is 557. The van der Waals surface area contributed by atoms with Gasteiger partial charge >= 0.3 is 0 Å². The van der Waals surface area contributed by atoms with E-state index in [1.807, 2.05) is 0 Å². The highest BCUT2D eigenvalue weighted by molar-refractivity contribution is 5.27. The monoisotopic (exact) mass is 518 g/mol. The Morgan fingerprint density at radius 1 is 0.405 bits per heavy atom. The number of aryl methyl sites for hydroxylation is 1. The van der Waals surface area contributed by atoms with Gasteiger partial charge in [-0.2, -0.15) is 0 Å². The van der Waals surface area contributed by atoms with Gasteiger partial charge in [-0.05, 0) is 37.0 Å². The fourth-order valence-electron chi connectivity index (χ4n) is 4.80. The van der Waals surface area contributed by atoms with Crippen molar-refractivity contribution >= 4 is 0 Å². The zero-order valence-corrected chi connectivity index (χ0v) is 24.9. The quantitative estimate of drug-likeness (QED) is 0.0987. The van der Waals surface area contributed by atoms with Crippen LogP contribution in [0.4, 0.5) is 0 Å². The second-order valence-electron chi connectivity index (χ2n) is 10.8. The van der Waals surface area contributed by atoms with Crippen molar-refractivity contribution in [2.45, 2.75) is 149 Å². The molecule has 37 heavy (non-hydrogen) atoms. The minimum atomic E-state index is 0.593. The summed E-state index contributed by atoms with van der Waals surface area (Å²) in [5, 5.41) is 0. The van der Waals surface area contributed by atoms with Crippen molar-refractivity contribution < 1.29 is 14.2 Å². The topological polar surface area (TPSA) is 27.7 Å². The van der Waals surface area contributed by atoms with Crippen molar-refractivity contribution in [3.63, 3.8) is 0 Å². The molecule has 0 heterocycles. The first-order valence-electron chi connectivity index (χ1n) is 16.2. The largest absolute Gasteiger partial charge is 0.491 e. The van der Waals surface area contributed by atoms with Crippen LogP contribution in [0.3, 0.4) is 0 Å². The molecule has 0 unspecified atom stereocenters. The van der Waals surface area contributed by atoms with Crippen LogP contribution in [-0.2, 0) is 15.9 Å². The standard InChI is InChI=1S/C34H62O3/c1-3-5-7-9-11-12-13-14-15-16-17-18-20-22-28-35-29-30-36-31-32-37-34-26-24-33(25-27-34)23-21-19-10-8-6-4-2/h24-27H,3-23,28-32H2,1-2H3. The van der Waals surface area contributed by atoms with Gasteiger partial charge in [0.1, 0.15) is 12.4 Å². The SMILES string of the molecule is CCCCCCCCCCCCCCCCOCCOCCOc1ccc(CCCCCCCC)cc1. The number of hydrogen-bond acceptors (Lipinski definition) is 3. The lowest BCUT2D eigenvalue weighted by atomic mass is 10.0. The molecule has 0 saturated carbocycles. The third-order valence-electron chi connectivity index (χ3n) is 7.25. The van der Waals surface area contributed by atoms with E-state index in [1.165, 1.54) is 140 Å². The summed E-state index contributed by atoms with van der Waals surface area (Å²) in [5.41, 5.74) is 1.41. The van der Waals surface area contributed by atoms with Crippen molar-refractivity contribution in [2.75, 3.05) is 33.0 Å². The maximum Gasteiger partial charge on any atom is 0.119 e. The molecule has 1 rings (SSSR count). The van der Waals surface area contributed by atoms with E-state index in [0.29, 0.717) is 26.4 Å². The predicted octanol–water partition coefficient (Wildman–Crippen LogP) is 10.5. The summed E-state index contributed by atoms with van der Waals surface area (Å²) in [6.07, 6.45) is 28.8. The van der Waals surface area contributed by atoms with E-state index in [2.05, 4.69) is 38.1 Å². The zero-order chi connectivity index (χ0) is 26.5. The fourth-order valence-corrected chi connectivity index (χ4v) is 4.80. The lowest BCUT2D eigenvalue weighted by molar-refractivity contribution is 0.0352. The smallest absolute Gasteiger partial charge is 0.119 e. The Morgan fingerprint density at radius 2 is 0.811 bits per heavy atom. The Kier molecular flexibility index (Phi) is 25.7. The fraction of sp³-hybridized carbons (Fsp3) is 0.824. The van der Waals surface area contributed by atoms with Crippen LogP contribution in [0.2, 0.25) is 0 Å². The number of ether oxygens (including phenoxy) is 3. The van der Waals surface area contributed by atoms with Crippen LogP contribution >= 0.6 is 0 Å². The maximum atomic E-state index is 5.80. The summed E-state index contributed by atoms with van der Waals surface area (Å²) in [4.78, 5) is 0. The molecule has 3 heteroatoms. The van der Waals surface area contributed by atoms with E-state index in [-0.39, 0.29) is 0 Å². The molecule has 0 aliphatic carbocycles. The van der Waals surface area contributed by atoms with E-state index >= 15 is 0 Å². The first-order chi connectivity index (χ1) is 18.4. The van der Waals surface area contributed by atoms with Crippen LogP contribution in [-0.4, -0.2) is 33.0 Å². The summed E-state index contributed by atoms with van der Waals surface area (Å²) in [7, 11) is 0. The molecular weight excluding hydrogens is 456 g/mol. The maximum absolute atomic E-state index is 5.80. The van der Waals surface area contributed by atoms with Crippen LogP contribution in [0.1, 0.15) is 148 Å². The van der Waals surface area contributed by atoms with Crippen LogP contribution in [0.25, 0.3) is 0 Å². The lowest BCUT2D eigenvalue weighted by Crippen LogP contribution is -2.11. The van der Waals surface area contributed by atoms with Gasteiger partial charge in [-0.15, -0.1) is 0 Å². The predicted molar refractivity (Wildman–Crippen MR) is 161 cm³/mol. The minimum absolute atomic E-state index is 0.593. The second kappa shape index (κ2) is 28.0. The molecule has 216 valence electrons. The van der Waals surface area contributed by atoms with Crippen molar-refractivity contribution in [1.82, 2.24) is 0 Å². The van der Waals surface area contributed by atoms with Gasteiger partial charge in [-0.1, -0.05) is 142 Å². The van der Waals surface area contributed by atoms with Gasteiger partial charge in [0.15, 0.2) is 0 Å². The number of benzene rings is 1. The van der Waals surface area contributed by atoms with Gasteiger partial charge in [0, 0.05) is 6.61 Å². The van der Waals surface area contributed by atoms with Crippen LogP contribution in [0.15, 0.2) is 24.3 Å². The molecule has 0 spiro atoms. The molecule has 0 N–H and O–H groups in total. The van der Waals surface area contributed by atoms with Gasteiger partial charge in [-0.3, -0.25) is 0 Å². The number of unbranched alkanes of at least 4 members (excludes halogenated alkanes) is 18. The highest BCUT2D eigenvalue weighted by atomic mass is 16.5. The molecule has 0 aromatic heterocycles. The molecule has 3 nitrogen and oxygen atoms in total. The zero-order valence-electron chi connectivity index (χ0n) is 24.9. The molecule has 0 amide bonds. The Balaban J connectivity index is 1.77. The average molecular weight is 519 g/mol. The average Bonchev–Trinajstić information content (AvgIpc) is 2.92. The molecule has 1 aromatic carbocycles. The first kappa shape index (κ1) is 34.0. The first-order valence-corrected chi connectivity index (χ1v) is 16.2. The third-order valence-corrected chi connectivity index (χ3v) is 7.25. The van der Waals surface area contributed by atoms with E-state index in [1.54, 1.807) is 0 Å². The minimum Gasteiger partial charge on any atom is -0.491 e. The van der Waals surface area contributed by atoms with Gasteiger partial charge < -0.3 is 14.2 Å².